The number of nitrogens with zero attached hydrogens (tertiary/aromatic N) is 1. The van der Waals surface area contributed by atoms with Crippen LogP contribution in [0.25, 0.3) is 0 Å². The van der Waals surface area contributed by atoms with Crippen LogP contribution in [-0.4, -0.2) is 44.4 Å². The van der Waals surface area contributed by atoms with Gasteiger partial charge in [-0.3, -0.25) is 4.90 Å². The molecular formula is C16H21F2NO2. The predicted molar refractivity (Wildman–Crippen MR) is 74.9 cm³/mol. The van der Waals surface area contributed by atoms with Gasteiger partial charge in [0.15, 0.2) is 11.6 Å². The van der Waals surface area contributed by atoms with Gasteiger partial charge in [-0.2, -0.15) is 0 Å². The van der Waals surface area contributed by atoms with Gasteiger partial charge in [0.05, 0.1) is 19.8 Å². The van der Waals surface area contributed by atoms with Gasteiger partial charge in [-0.1, -0.05) is 6.07 Å². The second-order valence-corrected chi connectivity index (χ2v) is 6.13. The predicted octanol–water partition coefficient (Wildman–Crippen LogP) is 2.45. The number of rotatable bonds is 5. The van der Waals surface area contributed by atoms with E-state index in [1.165, 1.54) is 12.1 Å². The van der Waals surface area contributed by atoms with Crippen molar-refractivity contribution in [3.05, 3.63) is 35.4 Å². The molecular weight excluding hydrogens is 276 g/mol. The average molecular weight is 297 g/mol. The zero-order valence-corrected chi connectivity index (χ0v) is 12.3. The highest BCUT2D eigenvalue weighted by atomic mass is 19.2. The molecule has 2 saturated heterocycles. The van der Waals surface area contributed by atoms with Crippen molar-refractivity contribution in [2.75, 3.05) is 39.5 Å². The summed E-state index contributed by atoms with van der Waals surface area (Å²) in [6, 6.07) is 4.13. The molecule has 116 valence electrons. The minimum atomic E-state index is -0.793. The second-order valence-electron chi connectivity index (χ2n) is 6.13. The lowest BCUT2D eigenvalue weighted by Gasteiger charge is -2.26. The number of hydrogen-bond acceptors (Lipinski definition) is 3. The summed E-state index contributed by atoms with van der Waals surface area (Å²) in [6.45, 7) is 7.35. The number of fused-ring (bicyclic) bond motifs is 1. The Morgan fingerprint density at radius 1 is 1.38 bits per heavy atom. The van der Waals surface area contributed by atoms with Gasteiger partial charge in [0, 0.05) is 37.6 Å². The zero-order valence-electron chi connectivity index (χ0n) is 12.3. The second kappa shape index (κ2) is 5.99. The van der Waals surface area contributed by atoms with Crippen LogP contribution >= 0.6 is 0 Å². The number of likely N-dealkylation sites (tertiary alicyclic amines) is 1. The maximum absolute atomic E-state index is 13.3. The molecule has 2 atom stereocenters. The van der Waals surface area contributed by atoms with E-state index in [2.05, 4.69) is 4.90 Å². The van der Waals surface area contributed by atoms with E-state index in [1.807, 2.05) is 6.92 Å². The molecule has 2 heterocycles. The van der Waals surface area contributed by atoms with E-state index in [-0.39, 0.29) is 5.41 Å². The molecule has 2 aliphatic rings. The van der Waals surface area contributed by atoms with Crippen LogP contribution in [0.3, 0.4) is 0 Å². The highest BCUT2D eigenvalue weighted by Gasteiger charge is 2.50. The standard InChI is InChI=1S/C16H21F2NO2/c1-2-20-10-16-9-19(7-13(16)8-21-11-16)6-12-3-4-14(17)15(18)5-12/h3-5,13H,2,6-11H2,1H3/t13-,16-/m1/s1. The first kappa shape index (κ1) is 14.9. The molecule has 2 fully saturated rings. The van der Waals surface area contributed by atoms with Crippen molar-refractivity contribution in [2.45, 2.75) is 13.5 Å². The minimum absolute atomic E-state index is 0.0641. The molecule has 3 nitrogen and oxygen atoms in total. The Hall–Kier alpha value is -1.04. The molecule has 0 amide bonds. The first-order valence-corrected chi connectivity index (χ1v) is 7.45. The lowest BCUT2D eigenvalue weighted by Crippen LogP contribution is -2.35. The molecule has 0 aromatic heterocycles. The Bertz CT molecular complexity index is 511. The summed E-state index contributed by atoms with van der Waals surface area (Å²) in [6.07, 6.45) is 0. The van der Waals surface area contributed by atoms with Crippen LogP contribution in [0.15, 0.2) is 18.2 Å². The molecule has 5 heteroatoms. The van der Waals surface area contributed by atoms with Crippen molar-refractivity contribution >= 4 is 0 Å². The van der Waals surface area contributed by atoms with Gasteiger partial charge in [-0.25, -0.2) is 8.78 Å². The monoisotopic (exact) mass is 297 g/mol. The Balaban J connectivity index is 1.67. The summed E-state index contributed by atoms with van der Waals surface area (Å²) in [5.74, 6) is -1.10. The minimum Gasteiger partial charge on any atom is -0.381 e. The fourth-order valence-corrected chi connectivity index (χ4v) is 3.47. The smallest absolute Gasteiger partial charge is 0.159 e. The van der Waals surface area contributed by atoms with Gasteiger partial charge in [-0.05, 0) is 24.6 Å². The van der Waals surface area contributed by atoms with Gasteiger partial charge in [-0.15, -0.1) is 0 Å². The molecule has 0 bridgehead atoms. The molecule has 21 heavy (non-hydrogen) atoms. The Morgan fingerprint density at radius 2 is 2.24 bits per heavy atom. The summed E-state index contributed by atoms with van der Waals surface area (Å²) >= 11 is 0. The largest absolute Gasteiger partial charge is 0.381 e. The quantitative estimate of drug-likeness (QED) is 0.833. The Kier molecular flexibility index (Phi) is 4.24. The molecule has 0 N–H and O–H groups in total. The number of benzene rings is 1. The van der Waals surface area contributed by atoms with Crippen LogP contribution in [-0.2, 0) is 16.0 Å². The van der Waals surface area contributed by atoms with E-state index >= 15 is 0 Å². The van der Waals surface area contributed by atoms with Crippen LogP contribution in [0.1, 0.15) is 12.5 Å². The number of halogens is 2. The zero-order chi connectivity index (χ0) is 14.9. The fraction of sp³-hybridized carbons (Fsp3) is 0.625. The molecule has 1 aromatic carbocycles. The third-order valence-electron chi connectivity index (χ3n) is 4.58. The van der Waals surface area contributed by atoms with Gasteiger partial charge in [0.25, 0.3) is 0 Å². The molecule has 0 saturated carbocycles. The summed E-state index contributed by atoms with van der Waals surface area (Å²) in [5, 5.41) is 0. The van der Waals surface area contributed by atoms with E-state index < -0.39 is 11.6 Å². The third-order valence-corrected chi connectivity index (χ3v) is 4.58. The van der Waals surface area contributed by atoms with E-state index in [1.54, 1.807) is 6.07 Å². The van der Waals surface area contributed by atoms with Crippen molar-refractivity contribution in [1.82, 2.24) is 4.90 Å². The SMILES string of the molecule is CCOC[C@]12COC[C@H]1CN(Cc1ccc(F)c(F)c1)C2. The Morgan fingerprint density at radius 3 is 3.00 bits per heavy atom. The van der Waals surface area contributed by atoms with Gasteiger partial charge < -0.3 is 9.47 Å². The first-order valence-electron chi connectivity index (χ1n) is 7.45. The summed E-state index contributed by atoms with van der Waals surface area (Å²) in [7, 11) is 0. The molecule has 2 aliphatic heterocycles. The maximum atomic E-state index is 13.3. The number of hydrogen-bond donors (Lipinski definition) is 0. The van der Waals surface area contributed by atoms with E-state index in [9.17, 15) is 8.78 Å². The van der Waals surface area contributed by atoms with Crippen LogP contribution in [0.2, 0.25) is 0 Å². The van der Waals surface area contributed by atoms with Crippen LogP contribution < -0.4 is 0 Å². The van der Waals surface area contributed by atoms with E-state index in [0.717, 1.165) is 31.9 Å². The van der Waals surface area contributed by atoms with Gasteiger partial charge in [0.1, 0.15) is 0 Å². The number of ether oxygens (including phenoxy) is 2. The van der Waals surface area contributed by atoms with Gasteiger partial charge >= 0.3 is 0 Å². The summed E-state index contributed by atoms with van der Waals surface area (Å²) in [5.41, 5.74) is 0.871. The van der Waals surface area contributed by atoms with E-state index in [4.69, 9.17) is 9.47 Å². The van der Waals surface area contributed by atoms with Crippen molar-refractivity contribution in [3.63, 3.8) is 0 Å². The topological polar surface area (TPSA) is 21.7 Å². The normalized spacial score (nSPS) is 29.0. The lowest BCUT2D eigenvalue weighted by molar-refractivity contribution is 0.0323. The molecule has 0 spiro atoms. The fourth-order valence-electron chi connectivity index (χ4n) is 3.47. The average Bonchev–Trinajstić information content (AvgIpc) is 2.97. The van der Waals surface area contributed by atoms with Crippen molar-refractivity contribution in [2.24, 2.45) is 11.3 Å². The molecule has 0 unspecified atom stereocenters. The van der Waals surface area contributed by atoms with Crippen molar-refractivity contribution in [1.29, 1.82) is 0 Å². The first-order chi connectivity index (χ1) is 10.1. The maximum Gasteiger partial charge on any atom is 0.159 e. The van der Waals surface area contributed by atoms with Crippen LogP contribution in [0.5, 0.6) is 0 Å². The molecule has 3 rings (SSSR count). The molecule has 0 radical (unpaired) electrons. The summed E-state index contributed by atoms with van der Waals surface area (Å²) in [4.78, 5) is 2.29. The summed E-state index contributed by atoms with van der Waals surface area (Å²) < 4.78 is 37.5. The van der Waals surface area contributed by atoms with Crippen molar-refractivity contribution in [3.8, 4) is 0 Å². The highest BCUT2D eigenvalue weighted by molar-refractivity contribution is 5.18. The Labute approximate surface area is 123 Å². The van der Waals surface area contributed by atoms with E-state index in [0.29, 0.717) is 25.7 Å². The van der Waals surface area contributed by atoms with Crippen LogP contribution in [0, 0.1) is 23.0 Å². The lowest BCUT2D eigenvalue weighted by atomic mass is 9.82. The third kappa shape index (κ3) is 2.96. The van der Waals surface area contributed by atoms with Gasteiger partial charge in [0.2, 0.25) is 0 Å². The highest BCUT2D eigenvalue weighted by Crippen LogP contribution is 2.42. The molecule has 0 aliphatic carbocycles. The van der Waals surface area contributed by atoms with Crippen molar-refractivity contribution < 1.29 is 18.3 Å². The van der Waals surface area contributed by atoms with Crippen LogP contribution in [0.4, 0.5) is 8.78 Å². The molecule has 1 aromatic rings.